The van der Waals surface area contributed by atoms with Crippen LogP contribution in [0.25, 0.3) is 0 Å². The van der Waals surface area contributed by atoms with Gasteiger partial charge in [-0.15, -0.1) is 0 Å². The Kier molecular flexibility index (Phi) is 3.43. The van der Waals surface area contributed by atoms with Gasteiger partial charge in [0.2, 0.25) is 0 Å². The van der Waals surface area contributed by atoms with Crippen molar-refractivity contribution in [3.05, 3.63) is 17.1 Å². The van der Waals surface area contributed by atoms with Crippen LogP contribution in [0.4, 0.5) is 5.82 Å². The SMILES string of the molecule is Nc1nc(CCCO)nc2c1CCSC2. The Balaban J connectivity index is 2.24. The minimum atomic E-state index is 0.176. The number of fused-ring (bicyclic) bond motifs is 1. The van der Waals surface area contributed by atoms with Gasteiger partial charge in [0, 0.05) is 24.3 Å². The van der Waals surface area contributed by atoms with Gasteiger partial charge in [0.05, 0.1) is 5.69 Å². The molecule has 0 amide bonds. The first-order valence-electron chi connectivity index (χ1n) is 5.14. The summed E-state index contributed by atoms with van der Waals surface area (Å²) in [7, 11) is 0. The summed E-state index contributed by atoms with van der Waals surface area (Å²) in [4.78, 5) is 8.76. The monoisotopic (exact) mass is 225 g/mol. The number of aromatic nitrogens is 2. The number of aryl methyl sites for hydroxylation is 1. The van der Waals surface area contributed by atoms with E-state index in [0.29, 0.717) is 18.7 Å². The molecule has 2 heterocycles. The molecule has 0 bridgehead atoms. The fraction of sp³-hybridized carbons (Fsp3) is 0.600. The van der Waals surface area contributed by atoms with Gasteiger partial charge >= 0.3 is 0 Å². The minimum absolute atomic E-state index is 0.176. The average molecular weight is 225 g/mol. The summed E-state index contributed by atoms with van der Waals surface area (Å²) in [5.74, 6) is 3.45. The van der Waals surface area contributed by atoms with E-state index in [9.17, 15) is 0 Å². The van der Waals surface area contributed by atoms with Gasteiger partial charge in [-0.1, -0.05) is 0 Å². The zero-order chi connectivity index (χ0) is 10.7. The Labute approximate surface area is 93.3 Å². The molecule has 0 aromatic carbocycles. The van der Waals surface area contributed by atoms with E-state index >= 15 is 0 Å². The number of aliphatic hydroxyl groups excluding tert-OH is 1. The maximum Gasteiger partial charge on any atom is 0.131 e. The van der Waals surface area contributed by atoms with Crippen molar-refractivity contribution in [1.82, 2.24) is 9.97 Å². The first-order chi connectivity index (χ1) is 7.31. The van der Waals surface area contributed by atoms with Crippen molar-refractivity contribution < 1.29 is 5.11 Å². The third-order valence-corrected chi connectivity index (χ3v) is 3.44. The zero-order valence-corrected chi connectivity index (χ0v) is 9.39. The van der Waals surface area contributed by atoms with E-state index in [0.717, 1.165) is 35.0 Å². The number of nitrogen functional groups attached to an aromatic ring is 1. The molecule has 0 spiro atoms. The van der Waals surface area contributed by atoms with E-state index in [-0.39, 0.29) is 6.61 Å². The van der Waals surface area contributed by atoms with Crippen LogP contribution in [-0.4, -0.2) is 27.4 Å². The van der Waals surface area contributed by atoms with Gasteiger partial charge in [-0.25, -0.2) is 9.97 Å². The molecule has 1 aliphatic rings. The largest absolute Gasteiger partial charge is 0.396 e. The molecule has 0 radical (unpaired) electrons. The Morgan fingerprint density at radius 1 is 1.40 bits per heavy atom. The minimum Gasteiger partial charge on any atom is -0.396 e. The van der Waals surface area contributed by atoms with E-state index in [1.165, 1.54) is 0 Å². The van der Waals surface area contributed by atoms with Crippen LogP contribution in [0.5, 0.6) is 0 Å². The molecule has 5 heteroatoms. The summed E-state index contributed by atoms with van der Waals surface area (Å²) in [6, 6.07) is 0. The van der Waals surface area contributed by atoms with Gasteiger partial charge in [-0.2, -0.15) is 11.8 Å². The quantitative estimate of drug-likeness (QED) is 0.795. The molecule has 0 fully saturated rings. The molecule has 2 rings (SSSR count). The van der Waals surface area contributed by atoms with Crippen LogP contribution in [0.1, 0.15) is 23.5 Å². The van der Waals surface area contributed by atoms with Crippen molar-refractivity contribution in [3.63, 3.8) is 0 Å². The Morgan fingerprint density at radius 2 is 2.27 bits per heavy atom. The molecule has 1 aromatic rings. The molecule has 1 aliphatic heterocycles. The van der Waals surface area contributed by atoms with Gasteiger partial charge in [0.1, 0.15) is 11.6 Å². The van der Waals surface area contributed by atoms with Crippen molar-refractivity contribution in [2.75, 3.05) is 18.1 Å². The van der Waals surface area contributed by atoms with Crippen molar-refractivity contribution in [1.29, 1.82) is 0 Å². The van der Waals surface area contributed by atoms with Crippen LogP contribution in [0.2, 0.25) is 0 Å². The van der Waals surface area contributed by atoms with E-state index in [1.54, 1.807) is 0 Å². The molecule has 0 saturated carbocycles. The Hall–Kier alpha value is -0.810. The van der Waals surface area contributed by atoms with Gasteiger partial charge in [-0.3, -0.25) is 0 Å². The number of nitrogens with two attached hydrogens (primary N) is 1. The summed E-state index contributed by atoms with van der Waals surface area (Å²) in [6.07, 6.45) is 2.39. The Morgan fingerprint density at radius 3 is 3.07 bits per heavy atom. The highest BCUT2D eigenvalue weighted by molar-refractivity contribution is 7.98. The van der Waals surface area contributed by atoms with Crippen LogP contribution < -0.4 is 5.73 Å². The third kappa shape index (κ3) is 2.41. The van der Waals surface area contributed by atoms with Gasteiger partial charge in [-0.05, 0) is 18.6 Å². The molecule has 82 valence electrons. The molecule has 15 heavy (non-hydrogen) atoms. The lowest BCUT2D eigenvalue weighted by Crippen LogP contribution is -2.13. The van der Waals surface area contributed by atoms with Crippen LogP contribution in [0.3, 0.4) is 0 Å². The van der Waals surface area contributed by atoms with Crippen molar-refractivity contribution in [3.8, 4) is 0 Å². The van der Waals surface area contributed by atoms with E-state index in [4.69, 9.17) is 10.8 Å². The summed E-state index contributed by atoms with van der Waals surface area (Å²) < 4.78 is 0. The number of hydrogen-bond donors (Lipinski definition) is 2. The first kappa shape index (κ1) is 10.7. The molecule has 1 aromatic heterocycles. The van der Waals surface area contributed by atoms with Crippen LogP contribution in [-0.2, 0) is 18.6 Å². The standard InChI is InChI=1S/C10H15N3OS/c11-10-7-3-5-15-6-8(7)12-9(13-10)2-1-4-14/h14H,1-6H2,(H2,11,12,13). The maximum atomic E-state index is 8.74. The summed E-state index contributed by atoms with van der Waals surface area (Å²) in [5.41, 5.74) is 8.11. The second-order valence-corrected chi connectivity index (χ2v) is 4.69. The van der Waals surface area contributed by atoms with Gasteiger partial charge in [0.25, 0.3) is 0 Å². The first-order valence-corrected chi connectivity index (χ1v) is 6.29. The molecule has 0 atom stereocenters. The van der Waals surface area contributed by atoms with Crippen molar-refractivity contribution in [2.24, 2.45) is 0 Å². The van der Waals surface area contributed by atoms with Crippen LogP contribution >= 0.6 is 11.8 Å². The predicted octanol–water partition coefficient (Wildman–Crippen LogP) is 0.773. The molecule has 0 aliphatic carbocycles. The predicted molar refractivity (Wildman–Crippen MR) is 61.7 cm³/mol. The molecule has 4 nitrogen and oxygen atoms in total. The van der Waals surface area contributed by atoms with E-state index in [1.807, 2.05) is 11.8 Å². The number of aliphatic hydroxyl groups is 1. The second kappa shape index (κ2) is 4.81. The second-order valence-electron chi connectivity index (χ2n) is 3.58. The smallest absolute Gasteiger partial charge is 0.131 e. The maximum absolute atomic E-state index is 8.74. The van der Waals surface area contributed by atoms with Crippen molar-refractivity contribution in [2.45, 2.75) is 25.0 Å². The normalized spacial score (nSPS) is 15.0. The lowest BCUT2D eigenvalue weighted by molar-refractivity contribution is 0.287. The molecule has 0 unspecified atom stereocenters. The number of thioether (sulfide) groups is 1. The fourth-order valence-corrected chi connectivity index (χ4v) is 2.61. The number of anilines is 1. The molecular formula is C10H15N3OS. The summed E-state index contributed by atoms with van der Waals surface area (Å²) >= 11 is 1.88. The van der Waals surface area contributed by atoms with E-state index in [2.05, 4.69) is 9.97 Å². The topological polar surface area (TPSA) is 72.0 Å². The van der Waals surface area contributed by atoms with Gasteiger partial charge in [0.15, 0.2) is 0 Å². The summed E-state index contributed by atoms with van der Waals surface area (Å²) in [5, 5.41) is 8.74. The fourth-order valence-electron chi connectivity index (χ4n) is 1.69. The summed E-state index contributed by atoms with van der Waals surface area (Å²) in [6.45, 7) is 0.176. The lowest BCUT2D eigenvalue weighted by atomic mass is 10.1. The highest BCUT2D eigenvalue weighted by atomic mass is 32.2. The highest BCUT2D eigenvalue weighted by Gasteiger charge is 2.15. The number of hydrogen-bond acceptors (Lipinski definition) is 5. The van der Waals surface area contributed by atoms with Crippen LogP contribution in [0, 0.1) is 0 Å². The highest BCUT2D eigenvalue weighted by Crippen LogP contribution is 2.26. The number of rotatable bonds is 3. The third-order valence-electron chi connectivity index (χ3n) is 2.46. The lowest BCUT2D eigenvalue weighted by Gasteiger charge is -2.16. The zero-order valence-electron chi connectivity index (χ0n) is 8.57. The molecule has 0 saturated heterocycles. The average Bonchev–Trinajstić information content (AvgIpc) is 2.26. The molecular weight excluding hydrogens is 210 g/mol. The van der Waals surface area contributed by atoms with Crippen LogP contribution in [0.15, 0.2) is 0 Å². The molecule has 3 N–H and O–H groups in total. The van der Waals surface area contributed by atoms with Gasteiger partial charge < -0.3 is 10.8 Å². The van der Waals surface area contributed by atoms with Crippen molar-refractivity contribution >= 4 is 17.6 Å². The Bertz CT molecular complexity index is 357. The number of nitrogens with zero attached hydrogens (tertiary/aromatic N) is 2. The van der Waals surface area contributed by atoms with E-state index < -0.39 is 0 Å².